The molecule has 0 radical (unpaired) electrons. The lowest BCUT2D eigenvalue weighted by Gasteiger charge is -2.25. The zero-order valence-electron chi connectivity index (χ0n) is 16.9. The summed E-state index contributed by atoms with van der Waals surface area (Å²) in [5.74, 6) is -0.291. The Morgan fingerprint density at radius 2 is 1.86 bits per heavy atom. The average Bonchev–Trinajstić information content (AvgIpc) is 2.56. The van der Waals surface area contributed by atoms with Crippen molar-refractivity contribution < 1.29 is 9.18 Å². The molecule has 8 nitrogen and oxygen atoms in total. The summed E-state index contributed by atoms with van der Waals surface area (Å²) in [5, 5.41) is 11.6. The van der Waals surface area contributed by atoms with Crippen LogP contribution < -0.4 is 27.0 Å². The van der Waals surface area contributed by atoms with E-state index in [9.17, 15) is 9.18 Å². The number of halogens is 1. The lowest BCUT2D eigenvalue weighted by atomic mass is 10.1. The Kier molecular flexibility index (Phi) is 6.40. The predicted octanol–water partition coefficient (Wildman–Crippen LogP) is 3.43. The maximum Gasteiger partial charge on any atom is 0.319 e. The van der Waals surface area contributed by atoms with E-state index in [4.69, 9.17) is 5.73 Å². The van der Waals surface area contributed by atoms with Crippen LogP contribution in [0.4, 0.5) is 32.3 Å². The van der Waals surface area contributed by atoms with Crippen LogP contribution in [0.1, 0.15) is 34.6 Å². The van der Waals surface area contributed by atoms with Crippen molar-refractivity contribution in [2.45, 2.75) is 45.7 Å². The number of nitrogens with two attached hydrogens (primary N) is 1. The molecule has 0 saturated heterocycles. The zero-order chi connectivity index (χ0) is 20.9. The number of amides is 2. The largest absolute Gasteiger partial charge is 0.361 e. The van der Waals surface area contributed by atoms with E-state index >= 15 is 0 Å². The summed E-state index contributed by atoms with van der Waals surface area (Å²) in [6.07, 6.45) is 1.09. The summed E-state index contributed by atoms with van der Waals surface area (Å²) in [6.45, 7) is 9.69. The van der Waals surface area contributed by atoms with Crippen molar-refractivity contribution in [1.29, 1.82) is 0 Å². The average molecular weight is 389 g/mol. The van der Waals surface area contributed by atoms with Crippen molar-refractivity contribution in [3.05, 3.63) is 36.3 Å². The van der Waals surface area contributed by atoms with Crippen LogP contribution in [0.5, 0.6) is 0 Å². The number of urea groups is 1. The van der Waals surface area contributed by atoms with E-state index in [0.29, 0.717) is 17.9 Å². The monoisotopic (exact) mass is 389 g/mol. The smallest absolute Gasteiger partial charge is 0.319 e. The van der Waals surface area contributed by atoms with Crippen LogP contribution in [0.25, 0.3) is 0 Å². The van der Waals surface area contributed by atoms with Crippen molar-refractivity contribution in [3.63, 3.8) is 0 Å². The molecule has 0 spiro atoms. The fourth-order valence-electron chi connectivity index (χ4n) is 2.19. The van der Waals surface area contributed by atoms with E-state index in [0.717, 1.165) is 6.20 Å². The van der Waals surface area contributed by atoms with Gasteiger partial charge >= 0.3 is 6.03 Å². The maximum absolute atomic E-state index is 14.0. The van der Waals surface area contributed by atoms with E-state index in [-0.39, 0.29) is 23.3 Å². The Morgan fingerprint density at radius 3 is 2.50 bits per heavy atom. The Bertz CT molecular complexity index is 833. The fourth-order valence-corrected chi connectivity index (χ4v) is 2.19. The molecule has 0 unspecified atom stereocenters. The number of nitrogens with one attached hydrogen (secondary N) is 4. The molecule has 0 aliphatic rings. The molecule has 0 aliphatic carbocycles. The van der Waals surface area contributed by atoms with Crippen molar-refractivity contribution in [1.82, 2.24) is 15.3 Å². The first-order valence-electron chi connectivity index (χ1n) is 8.94. The third kappa shape index (κ3) is 6.66. The molecule has 0 fully saturated rings. The summed E-state index contributed by atoms with van der Waals surface area (Å²) in [7, 11) is 0. The van der Waals surface area contributed by atoms with Gasteiger partial charge in [0.05, 0.1) is 6.20 Å². The molecule has 2 aromatic rings. The summed E-state index contributed by atoms with van der Waals surface area (Å²) >= 11 is 0. The SMILES string of the molecule is CC(C)(C)NC(=O)Nc1cccc(Nc2ncc(F)c(NC(C)(C)CN)n2)c1. The fraction of sp³-hybridized carbons (Fsp3) is 0.421. The minimum atomic E-state index is -0.568. The molecule has 28 heavy (non-hydrogen) atoms. The van der Waals surface area contributed by atoms with Crippen molar-refractivity contribution in [3.8, 4) is 0 Å². The highest BCUT2D eigenvalue weighted by atomic mass is 19.1. The Hall–Kier alpha value is -2.94. The highest BCUT2D eigenvalue weighted by Crippen LogP contribution is 2.21. The third-order valence-corrected chi connectivity index (χ3v) is 3.58. The molecular weight excluding hydrogens is 361 g/mol. The molecule has 2 amide bonds. The van der Waals surface area contributed by atoms with Gasteiger partial charge in [-0.3, -0.25) is 0 Å². The second-order valence-electron chi connectivity index (χ2n) is 8.14. The topological polar surface area (TPSA) is 117 Å². The molecule has 0 aliphatic heterocycles. The van der Waals surface area contributed by atoms with Crippen molar-refractivity contribution in [2.75, 3.05) is 22.5 Å². The molecule has 1 aromatic carbocycles. The highest BCUT2D eigenvalue weighted by molar-refractivity contribution is 5.90. The van der Waals surface area contributed by atoms with Gasteiger partial charge in [0.15, 0.2) is 11.6 Å². The van der Waals surface area contributed by atoms with Gasteiger partial charge in [0, 0.05) is 29.0 Å². The van der Waals surface area contributed by atoms with Crippen LogP contribution in [0.3, 0.4) is 0 Å². The van der Waals surface area contributed by atoms with E-state index in [1.807, 2.05) is 34.6 Å². The minimum Gasteiger partial charge on any atom is -0.361 e. The summed E-state index contributed by atoms with van der Waals surface area (Å²) in [5.41, 5.74) is 6.05. The van der Waals surface area contributed by atoms with Crippen LogP contribution in [0.2, 0.25) is 0 Å². The van der Waals surface area contributed by atoms with Crippen LogP contribution in [-0.4, -0.2) is 33.6 Å². The lowest BCUT2D eigenvalue weighted by molar-refractivity contribution is 0.244. The van der Waals surface area contributed by atoms with E-state index in [2.05, 4.69) is 31.2 Å². The van der Waals surface area contributed by atoms with Gasteiger partial charge in [-0.1, -0.05) is 6.07 Å². The number of hydrogen-bond donors (Lipinski definition) is 5. The van der Waals surface area contributed by atoms with Gasteiger partial charge in [0.2, 0.25) is 5.95 Å². The molecule has 0 atom stereocenters. The van der Waals surface area contributed by atoms with Crippen LogP contribution >= 0.6 is 0 Å². The number of carbonyl (C=O) groups is 1. The van der Waals surface area contributed by atoms with E-state index in [1.165, 1.54) is 0 Å². The highest BCUT2D eigenvalue weighted by Gasteiger charge is 2.19. The number of nitrogens with zero attached hydrogens (tertiary/aromatic N) is 2. The van der Waals surface area contributed by atoms with Crippen LogP contribution in [0, 0.1) is 5.82 Å². The normalized spacial score (nSPS) is 11.7. The van der Waals surface area contributed by atoms with Crippen LogP contribution in [-0.2, 0) is 0 Å². The van der Waals surface area contributed by atoms with E-state index < -0.39 is 11.4 Å². The first-order valence-corrected chi connectivity index (χ1v) is 8.94. The van der Waals surface area contributed by atoms with Gasteiger partial charge < -0.3 is 27.0 Å². The summed E-state index contributed by atoms with van der Waals surface area (Å²) in [4.78, 5) is 20.2. The standard InChI is InChI=1S/C19H28FN7O/c1-18(2,3)27-17(28)24-13-8-6-7-12(9-13)23-16-22-10-14(20)15(25-16)26-19(4,5)11-21/h6-10H,11,21H2,1-5H3,(H2,24,27,28)(H2,22,23,25,26). The Balaban J connectivity index is 2.13. The second-order valence-corrected chi connectivity index (χ2v) is 8.14. The van der Waals surface area contributed by atoms with Gasteiger partial charge in [-0.2, -0.15) is 4.98 Å². The third-order valence-electron chi connectivity index (χ3n) is 3.58. The first kappa shape index (κ1) is 21.4. The first-order chi connectivity index (χ1) is 13.0. The molecule has 152 valence electrons. The number of rotatable bonds is 6. The predicted molar refractivity (Wildman–Crippen MR) is 110 cm³/mol. The van der Waals surface area contributed by atoms with Gasteiger partial charge in [-0.25, -0.2) is 14.2 Å². The van der Waals surface area contributed by atoms with Crippen molar-refractivity contribution >= 4 is 29.2 Å². The Morgan fingerprint density at radius 1 is 1.18 bits per heavy atom. The molecule has 2 rings (SSSR count). The number of carbonyl (C=O) groups excluding carboxylic acids is 1. The zero-order valence-corrected chi connectivity index (χ0v) is 16.9. The maximum atomic E-state index is 14.0. The Labute approximate surface area is 164 Å². The van der Waals surface area contributed by atoms with Gasteiger partial charge in [0.25, 0.3) is 0 Å². The molecule has 9 heteroatoms. The number of anilines is 4. The van der Waals surface area contributed by atoms with Gasteiger partial charge in [0.1, 0.15) is 0 Å². The van der Waals surface area contributed by atoms with Gasteiger partial charge in [-0.15, -0.1) is 0 Å². The molecule has 6 N–H and O–H groups in total. The summed E-state index contributed by atoms with van der Waals surface area (Å²) in [6, 6.07) is 6.74. The molecule has 1 heterocycles. The molecule has 1 aromatic heterocycles. The number of hydrogen-bond acceptors (Lipinski definition) is 6. The molecular formula is C19H28FN7O. The molecule has 0 saturated carbocycles. The van der Waals surface area contributed by atoms with E-state index in [1.54, 1.807) is 24.3 Å². The molecule has 0 bridgehead atoms. The second kappa shape index (κ2) is 8.39. The lowest BCUT2D eigenvalue weighted by Crippen LogP contribution is -2.43. The van der Waals surface area contributed by atoms with Gasteiger partial charge in [-0.05, 0) is 52.8 Å². The number of benzene rings is 1. The quantitative estimate of drug-likeness (QED) is 0.517. The summed E-state index contributed by atoms with van der Waals surface area (Å²) < 4.78 is 14.0. The minimum absolute atomic E-state index is 0.0618. The van der Waals surface area contributed by atoms with Crippen molar-refractivity contribution in [2.24, 2.45) is 5.73 Å². The number of aromatic nitrogens is 2. The van der Waals surface area contributed by atoms with Crippen LogP contribution in [0.15, 0.2) is 30.5 Å².